The molecule has 1 N–H and O–H groups in total. The van der Waals surface area contributed by atoms with Gasteiger partial charge in [0.1, 0.15) is 12.8 Å². The summed E-state index contributed by atoms with van der Waals surface area (Å²) in [6, 6.07) is 10.6. The molecular formula is C29H33Cl2N5O3. The summed E-state index contributed by atoms with van der Waals surface area (Å²) < 4.78 is 1.63. The molecule has 206 valence electrons. The first kappa shape index (κ1) is 28.8. The first-order chi connectivity index (χ1) is 18.6. The lowest BCUT2D eigenvalue weighted by molar-refractivity contribution is -0.133. The molecule has 2 aromatic carbocycles. The molecule has 1 aliphatic heterocycles. The molecule has 2 heterocycles. The lowest BCUT2D eigenvalue weighted by Crippen LogP contribution is -2.40. The van der Waals surface area contributed by atoms with Crippen LogP contribution in [0.25, 0.3) is 0 Å². The molecule has 1 unspecified atom stereocenters. The van der Waals surface area contributed by atoms with Crippen molar-refractivity contribution in [1.82, 2.24) is 20.0 Å². The minimum absolute atomic E-state index is 0.00808. The molecule has 8 nitrogen and oxygen atoms in total. The largest absolute Gasteiger partial charge is 0.333 e. The maximum absolute atomic E-state index is 14.1. The van der Waals surface area contributed by atoms with Gasteiger partial charge in [-0.05, 0) is 67.8 Å². The van der Waals surface area contributed by atoms with Crippen molar-refractivity contribution in [3.63, 3.8) is 0 Å². The molecule has 2 amide bonds. The Balaban J connectivity index is 1.88. The van der Waals surface area contributed by atoms with E-state index in [0.717, 1.165) is 27.9 Å². The van der Waals surface area contributed by atoms with Crippen LogP contribution in [0, 0.1) is 13.8 Å². The summed E-state index contributed by atoms with van der Waals surface area (Å²) in [6.07, 6.45) is 0.716. The lowest BCUT2D eigenvalue weighted by Gasteiger charge is -2.30. The lowest BCUT2D eigenvalue weighted by atomic mass is 9.91. The second kappa shape index (κ2) is 11.9. The van der Waals surface area contributed by atoms with E-state index in [-0.39, 0.29) is 30.8 Å². The van der Waals surface area contributed by atoms with Gasteiger partial charge in [0.05, 0.1) is 12.6 Å². The van der Waals surface area contributed by atoms with Gasteiger partial charge in [0.15, 0.2) is 5.69 Å². The fourth-order valence-electron chi connectivity index (χ4n) is 5.22. The number of aromatic nitrogens is 2. The van der Waals surface area contributed by atoms with Gasteiger partial charge < -0.3 is 15.0 Å². The molecule has 1 atom stereocenters. The summed E-state index contributed by atoms with van der Waals surface area (Å²) >= 11 is 12.7. The summed E-state index contributed by atoms with van der Waals surface area (Å²) in [4.78, 5) is 41.8. The predicted molar refractivity (Wildman–Crippen MR) is 154 cm³/mol. The quantitative estimate of drug-likeness (QED) is 0.350. The maximum atomic E-state index is 14.1. The van der Waals surface area contributed by atoms with Crippen molar-refractivity contribution in [2.45, 2.75) is 46.2 Å². The van der Waals surface area contributed by atoms with Gasteiger partial charge in [-0.15, -0.1) is 0 Å². The number of carbonyl (C=O) groups is 3. The van der Waals surface area contributed by atoms with Crippen molar-refractivity contribution in [3.05, 3.63) is 80.1 Å². The molecule has 10 heteroatoms. The van der Waals surface area contributed by atoms with Gasteiger partial charge in [0, 0.05) is 40.1 Å². The van der Waals surface area contributed by atoms with Gasteiger partial charge >= 0.3 is 0 Å². The van der Waals surface area contributed by atoms with E-state index in [1.54, 1.807) is 28.8 Å². The zero-order valence-corrected chi connectivity index (χ0v) is 24.3. The first-order valence-electron chi connectivity index (χ1n) is 12.9. The highest BCUT2D eigenvalue weighted by Crippen LogP contribution is 2.47. The molecule has 4 rings (SSSR count). The molecule has 0 aliphatic carbocycles. The van der Waals surface area contributed by atoms with Crippen molar-refractivity contribution in [1.29, 1.82) is 0 Å². The zero-order chi connectivity index (χ0) is 28.4. The Morgan fingerprint density at radius 2 is 1.82 bits per heavy atom. The minimum Gasteiger partial charge on any atom is -0.333 e. The van der Waals surface area contributed by atoms with E-state index < -0.39 is 6.04 Å². The minimum atomic E-state index is -0.487. The van der Waals surface area contributed by atoms with Crippen LogP contribution in [-0.4, -0.2) is 59.5 Å². The smallest absolute Gasteiger partial charge is 0.280 e. The van der Waals surface area contributed by atoms with Gasteiger partial charge in [0.25, 0.3) is 5.91 Å². The van der Waals surface area contributed by atoms with E-state index in [9.17, 15) is 14.4 Å². The number of anilines is 1. The highest BCUT2D eigenvalue weighted by atomic mass is 35.5. The Morgan fingerprint density at radius 3 is 2.46 bits per heavy atom. The third-order valence-electron chi connectivity index (χ3n) is 7.05. The molecule has 0 bridgehead atoms. The number of halogens is 2. The van der Waals surface area contributed by atoms with E-state index in [1.807, 2.05) is 52.0 Å². The fourth-order valence-corrected chi connectivity index (χ4v) is 5.61. The van der Waals surface area contributed by atoms with Gasteiger partial charge in [-0.25, -0.2) is 0 Å². The summed E-state index contributed by atoms with van der Waals surface area (Å²) in [6.45, 7) is 8.80. The first-order valence-corrected chi connectivity index (χ1v) is 13.7. The number of hydrogen-bond acceptors (Lipinski definition) is 5. The van der Waals surface area contributed by atoms with E-state index in [1.165, 1.54) is 4.90 Å². The number of rotatable bonds is 10. The molecule has 1 aliphatic rings. The van der Waals surface area contributed by atoms with Crippen molar-refractivity contribution >= 4 is 47.0 Å². The Morgan fingerprint density at radius 1 is 1.13 bits per heavy atom. The number of benzene rings is 2. The third kappa shape index (κ3) is 5.60. The molecule has 0 saturated heterocycles. The molecule has 0 radical (unpaired) electrons. The Bertz CT molecular complexity index is 1420. The number of aldehydes is 1. The molecule has 0 saturated carbocycles. The maximum Gasteiger partial charge on any atom is 0.280 e. The summed E-state index contributed by atoms with van der Waals surface area (Å²) in [7, 11) is 1.79. The molecular weight excluding hydrogens is 537 g/mol. The SMILES string of the molecule is CNCCN(CC=O)C(=O)Cn1nc2c(c1C(C)C)C(c1ccc(Cl)cc1C)N(c1cc(Cl)ccc1C)C2=O. The van der Waals surface area contributed by atoms with Crippen LogP contribution >= 0.6 is 23.2 Å². The van der Waals surface area contributed by atoms with Crippen LogP contribution in [0.1, 0.15) is 64.2 Å². The van der Waals surface area contributed by atoms with Crippen LogP contribution in [-0.2, 0) is 16.1 Å². The number of carbonyl (C=O) groups excluding carboxylic acids is 3. The predicted octanol–water partition coefficient (Wildman–Crippen LogP) is 4.93. The van der Waals surface area contributed by atoms with Gasteiger partial charge in [-0.3, -0.25) is 19.2 Å². The number of nitrogens with one attached hydrogen (secondary N) is 1. The fraction of sp³-hybridized carbons (Fsp3) is 0.379. The zero-order valence-electron chi connectivity index (χ0n) is 22.8. The number of aryl methyl sites for hydroxylation is 2. The molecule has 3 aromatic rings. The molecule has 1 aromatic heterocycles. The third-order valence-corrected chi connectivity index (χ3v) is 7.52. The number of amides is 2. The highest BCUT2D eigenvalue weighted by Gasteiger charge is 2.45. The van der Waals surface area contributed by atoms with Crippen LogP contribution < -0.4 is 10.2 Å². The van der Waals surface area contributed by atoms with Crippen LogP contribution in [0.2, 0.25) is 10.0 Å². The average molecular weight is 571 g/mol. The monoisotopic (exact) mass is 569 g/mol. The topological polar surface area (TPSA) is 87.5 Å². The standard InChI is InChI=1S/C29H33Cl2N5O3/c1-17(2)27-25-26(33-35(27)16-24(38)34(12-13-37)11-10-32-5)29(39)36(23-15-21(31)7-6-18(23)3)28(25)22-9-8-20(30)14-19(22)4/h6-9,13-15,17,28,32H,10-12,16H2,1-5H3. The van der Waals surface area contributed by atoms with Crippen molar-refractivity contribution in [2.75, 3.05) is 31.6 Å². The normalized spacial score (nSPS) is 14.7. The van der Waals surface area contributed by atoms with Crippen molar-refractivity contribution in [2.24, 2.45) is 0 Å². The highest BCUT2D eigenvalue weighted by molar-refractivity contribution is 6.31. The van der Waals surface area contributed by atoms with Crippen molar-refractivity contribution in [3.8, 4) is 0 Å². The van der Waals surface area contributed by atoms with E-state index >= 15 is 0 Å². The second-order valence-electron chi connectivity index (χ2n) is 10.1. The number of fused-ring (bicyclic) bond motifs is 1. The number of hydrogen-bond donors (Lipinski definition) is 1. The van der Waals surface area contributed by atoms with E-state index in [4.69, 9.17) is 28.3 Å². The molecule has 0 fully saturated rings. The Kier molecular flexibility index (Phi) is 8.79. The average Bonchev–Trinajstić information content (AvgIpc) is 3.37. The number of likely N-dealkylation sites (N-methyl/N-ethyl adjacent to an activating group) is 1. The second-order valence-corrected chi connectivity index (χ2v) is 11.0. The van der Waals surface area contributed by atoms with Gasteiger partial charge in [-0.1, -0.05) is 49.2 Å². The van der Waals surface area contributed by atoms with Crippen LogP contribution in [0.15, 0.2) is 36.4 Å². The Labute approximate surface area is 238 Å². The summed E-state index contributed by atoms with van der Waals surface area (Å²) in [5.41, 5.74) is 5.32. The van der Waals surface area contributed by atoms with Crippen LogP contribution in [0.5, 0.6) is 0 Å². The summed E-state index contributed by atoms with van der Waals surface area (Å²) in [5.74, 6) is -0.549. The van der Waals surface area contributed by atoms with Crippen LogP contribution in [0.3, 0.4) is 0 Å². The Hall–Kier alpha value is -3.20. The summed E-state index contributed by atoms with van der Waals surface area (Å²) in [5, 5.41) is 8.85. The van der Waals surface area contributed by atoms with Crippen molar-refractivity contribution < 1.29 is 14.4 Å². The van der Waals surface area contributed by atoms with Crippen LogP contribution in [0.4, 0.5) is 5.69 Å². The van der Waals surface area contributed by atoms with E-state index in [2.05, 4.69) is 5.32 Å². The van der Waals surface area contributed by atoms with E-state index in [0.29, 0.717) is 40.8 Å². The van der Waals surface area contributed by atoms with Gasteiger partial charge in [0.2, 0.25) is 5.91 Å². The molecule has 0 spiro atoms. The number of nitrogens with zero attached hydrogens (tertiary/aromatic N) is 4. The van der Waals surface area contributed by atoms with Gasteiger partial charge in [-0.2, -0.15) is 5.10 Å². The molecule has 39 heavy (non-hydrogen) atoms.